The minimum Gasteiger partial charge on any atom is -0.241 e. The highest BCUT2D eigenvalue weighted by Gasteiger charge is 2.19. The van der Waals surface area contributed by atoms with Crippen molar-refractivity contribution >= 4 is 27.5 Å². The Bertz CT molecular complexity index is 738. The summed E-state index contributed by atoms with van der Waals surface area (Å²) in [6, 6.07) is 14.4. The lowest BCUT2D eigenvalue weighted by molar-refractivity contribution is 0.613. The predicted molar refractivity (Wildman–Crippen MR) is 85.7 cm³/mol. The van der Waals surface area contributed by atoms with Crippen LogP contribution in [-0.2, 0) is 0 Å². The van der Waals surface area contributed by atoms with E-state index in [0.717, 1.165) is 11.3 Å². The van der Waals surface area contributed by atoms with Gasteiger partial charge in [0.05, 0.1) is 16.7 Å². The second kappa shape index (κ2) is 6.00. The van der Waals surface area contributed by atoms with E-state index < -0.39 is 0 Å². The van der Waals surface area contributed by atoms with Crippen LogP contribution in [0.1, 0.15) is 16.0 Å². The van der Waals surface area contributed by atoms with Gasteiger partial charge in [-0.1, -0.05) is 51.8 Å². The Kier molecular flexibility index (Phi) is 4.08. The average Bonchev–Trinajstić information content (AvgIpc) is 2.97. The summed E-state index contributed by atoms with van der Waals surface area (Å²) >= 11 is 9.60. The van der Waals surface area contributed by atoms with Crippen LogP contribution in [0.15, 0.2) is 60.9 Å². The molecule has 2 nitrogen and oxygen atoms in total. The summed E-state index contributed by atoms with van der Waals surface area (Å²) in [4.78, 5) is -0.344. The van der Waals surface area contributed by atoms with Gasteiger partial charge in [0.15, 0.2) is 0 Å². The summed E-state index contributed by atoms with van der Waals surface area (Å²) in [5.74, 6) is -0.336. The molecule has 3 rings (SSSR count). The van der Waals surface area contributed by atoms with Gasteiger partial charge in [-0.2, -0.15) is 5.10 Å². The zero-order valence-electron chi connectivity index (χ0n) is 10.9. The Balaban J connectivity index is 1.97. The molecule has 0 aliphatic rings. The van der Waals surface area contributed by atoms with Gasteiger partial charge in [0.1, 0.15) is 5.82 Å². The van der Waals surface area contributed by atoms with Gasteiger partial charge in [-0.15, -0.1) is 0 Å². The lowest BCUT2D eigenvalue weighted by Gasteiger charge is -2.11. The molecule has 0 aliphatic heterocycles. The normalized spacial score (nSPS) is 12.3. The number of halogens is 3. The summed E-state index contributed by atoms with van der Waals surface area (Å²) in [5.41, 5.74) is 2.21. The Morgan fingerprint density at radius 1 is 1.10 bits per heavy atom. The van der Waals surface area contributed by atoms with Crippen molar-refractivity contribution in [2.24, 2.45) is 0 Å². The molecule has 3 aromatic rings. The summed E-state index contributed by atoms with van der Waals surface area (Å²) < 4.78 is 15.7. The largest absolute Gasteiger partial charge is 0.241 e. The van der Waals surface area contributed by atoms with Crippen LogP contribution >= 0.6 is 27.5 Å². The molecule has 0 aliphatic carbocycles. The molecule has 0 saturated heterocycles. The maximum Gasteiger partial charge on any atom is 0.129 e. The first kappa shape index (κ1) is 14.3. The summed E-state index contributed by atoms with van der Waals surface area (Å²) in [5, 5.41) is 4.71. The highest BCUT2D eigenvalue weighted by molar-refractivity contribution is 9.09. The van der Waals surface area contributed by atoms with Crippen molar-refractivity contribution in [3.8, 4) is 5.69 Å². The predicted octanol–water partition coefficient (Wildman–Crippen LogP) is 5.15. The number of nitrogens with zero attached hydrogens (tertiary/aromatic N) is 2. The van der Waals surface area contributed by atoms with Crippen molar-refractivity contribution in [1.29, 1.82) is 0 Å². The van der Waals surface area contributed by atoms with Gasteiger partial charge in [-0.25, -0.2) is 9.07 Å². The molecule has 21 heavy (non-hydrogen) atoms. The van der Waals surface area contributed by atoms with E-state index in [2.05, 4.69) is 21.0 Å². The molecule has 0 fully saturated rings. The van der Waals surface area contributed by atoms with E-state index in [1.54, 1.807) is 23.0 Å². The van der Waals surface area contributed by atoms with E-state index in [4.69, 9.17) is 11.6 Å². The first-order chi connectivity index (χ1) is 10.2. The van der Waals surface area contributed by atoms with Crippen LogP contribution in [0.4, 0.5) is 4.39 Å². The number of para-hydroxylation sites is 1. The molecule has 1 heterocycles. The van der Waals surface area contributed by atoms with Crippen LogP contribution in [0.25, 0.3) is 5.69 Å². The third kappa shape index (κ3) is 2.87. The van der Waals surface area contributed by atoms with Gasteiger partial charge in [0, 0.05) is 22.3 Å². The number of hydrogen-bond acceptors (Lipinski definition) is 1. The Hall–Kier alpha value is -1.65. The summed E-state index contributed by atoms with van der Waals surface area (Å²) in [6.07, 6.45) is 3.56. The van der Waals surface area contributed by atoms with Crippen LogP contribution in [0.3, 0.4) is 0 Å². The van der Waals surface area contributed by atoms with E-state index in [9.17, 15) is 4.39 Å². The van der Waals surface area contributed by atoms with Crippen molar-refractivity contribution in [1.82, 2.24) is 9.78 Å². The van der Waals surface area contributed by atoms with Crippen LogP contribution < -0.4 is 0 Å². The summed E-state index contributed by atoms with van der Waals surface area (Å²) in [6.45, 7) is 0. The van der Waals surface area contributed by atoms with Crippen LogP contribution in [-0.4, -0.2) is 9.78 Å². The molecule has 0 bridgehead atoms. The number of rotatable bonds is 3. The fourth-order valence-electron chi connectivity index (χ4n) is 2.11. The Morgan fingerprint density at radius 3 is 2.57 bits per heavy atom. The van der Waals surface area contributed by atoms with Gasteiger partial charge in [0.25, 0.3) is 0 Å². The smallest absolute Gasteiger partial charge is 0.129 e. The average molecular weight is 366 g/mol. The molecule has 0 spiro atoms. The number of alkyl halides is 1. The maximum atomic E-state index is 14.0. The number of aromatic nitrogens is 2. The number of hydrogen-bond donors (Lipinski definition) is 0. The van der Waals surface area contributed by atoms with Gasteiger partial charge in [-0.05, 0) is 24.3 Å². The molecule has 1 aromatic heterocycles. The van der Waals surface area contributed by atoms with Crippen molar-refractivity contribution in [3.05, 3.63) is 82.9 Å². The third-order valence-electron chi connectivity index (χ3n) is 3.17. The van der Waals surface area contributed by atoms with E-state index in [-0.39, 0.29) is 10.6 Å². The third-order valence-corrected chi connectivity index (χ3v) is 4.49. The van der Waals surface area contributed by atoms with Crippen LogP contribution in [0.5, 0.6) is 0 Å². The first-order valence-electron chi connectivity index (χ1n) is 6.35. The summed E-state index contributed by atoms with van der Waals surface area (Å²) in [7, 11) is 0. The zero-order chi connectivity index (χ0) is 14.8. The first-order valence-corrected chi connectivity index (χ1v) is 7.64. The molecule has 0 amide bonds. The highest BCUT2D eigenvalue weighted by Crippen LogP contribution is 2.36. The second-order valence-corrected chi connectivity index (χ2v) is 5.87. The SMILES string of the molecule is Fc1cccc(Cl)c1C(Br)c1cnn(-c2ccccc2)c1. The van der Waals surface area contributed by atoms with E-state index in [1.807, 2.05) is 36.5 Å². The number of benzene rings is 2. The quantitative estimate of drug-likeness (QED) is 0.587. The topological polar surface area (TPSA) is 17.8 Å². The fourth-order valence-corrected chi connectivity index (χ4v) is 3.21. The van der Waals surface area contributed by atoms with Crippen molar-refractivity contribution in [2.45, 2.75) is 4.83 Å². The molecule has 0 N–H and O–H groups in total. The lowest BCUT2D eigenvalue weighted by Crippen LogP contribution is -1.97. The van der Waals surface area contributed by atoms with E-state index in [0.29, 0.717) is 10.6 Å². The molecule has 0 radical (unpaired) electrons. The Morgan fingerprint density at radius 2 is 1.86 bits per heavy atom. The van der Waals surface area contributed by atoms with Gasteiger partial charge in [0.2, 0.25) is 0 Å². The van der Waals surface area contributed by atoms with Crippen LogP contribution in [0.2, 0.25) is 5.02 Å². The molecular weight excluding hydrogens is 355 g/mol. The minimum absolute atomic E-state index is 0.336. The lowest BCUT2D eigenvalue weighted by atomic mass is 10.1. The van der Waals surface area contributed by atoms with Crippen molar-refractivity contribution < 1.29 is 4.39 Å². The zero-order valence-corrected chi connectivity index (χ0v) is 13.2. The van der Waals surface area contributed by atoms with Gasteiger partial charge < -0.3 is 0 Å². The standard InChI is InChI=1S/C16H11BrClFN2/c17-16(15-13(18)7-4-8-14(15)19)11-9-20-21(10-11)12-5-2-1-3-6-12/h1-10,16H. The molecule has 1 atom stereocenters. The molecular formula is C16H11BrClFN2. The molecule has 5 heteroatoms. The van der Waals surface area contributed by atoms with E-state index >= 15 is 0 Å². The minimum atomic E-state index is -0.344. The van der Waals surface area contributed by atoms with E-state index in [1.165, 1.54) is 6.07 Å². The monoisotopic (exact) mass is 364 g/mol. The fraction of sp³-hybridized carbons (Fsp3) is 0.0625. The molecule has 2 aromatic carbocycles. The second-order valence-electron chi connectivity index (χ2n) is 4.55. The maximum absolute atomic E-state index is 14.0. The van der Waals surface area contributed by atoms with Crippen molar-refractivity contribution in [3.63, 3.8) is 0 Å². The van der Waals surface area contributed by atoms with Gasteiger partial charge >= 0.3 is 0 Å². The molecule has 106 valence electrons. The van der Waals surface area contributed by atoms with Gasteiger partial charge in [-0.3, -0.25) is 0 Å². The van der Waals surface area contributed by atoms with Crippen molar-refractivity contribution in [2.75, 3.05) is 0 Å². The van der Waals surface area contributed by atoms with Crippen LogP contribution in [0, 0.1) is 5.82 Å². The highest BCUT2D eigenvalue weighted by atomic mass is 79.9. The molecule has 0 saturated carbocycles. The Labute approximate surface area is 135 Å². The molecule has 1 unspecified atom stereocenters.